The fourth-order valence-electron chi connectivity index (χ4n) is 5.66. The zero-order valence-electron chi connectivity index (χ0n) is 22.8. The second-order valence-electron chi connectivity index (χ2n) is 11.5. The molecule has 0 amide bonds. The first-order valence-electron chi connectivity index (χ1n) is 14.9. The highest BCUT2D eigenvalue weighted by atomic mass is 16.4. The molecule has 3 heteroatoms. The van der Waals surface area contributed by atoms with Gasteiger partial charge in [-0.25, -0.2) is 0 Å². The van der Waals surface area contributed by atoms with Gasteiger partial charge in [-0.05, 0) is 57.5 Å². The molecule has 0 aromatic rings. The van der Waals surface area contributed by atoms with Crippen molar-refractivity contribution in [2.75, 3.05) is 20.6 Å². The monoisotopic (exact) mass is 465 g/mol. The van der Waals surface area contributed by atoms with Crippen LogP contribution in [0.2, 0.25) is 0 Å². The fourth-order valence-corrected chi connectivity index (χ4v) is 5.66. The van der Waals surface area contributed by atoms with E-state index in [4.69, 9.17) is 5.11 Å². The summed E-state index contributed by atoms with van der Waals surface area (Å²) in [4.78, 5) is 12.9. The molecule has 1 aliphatic carbocycles. The van der Waals surface area contributed by atoms with E-state index in [2.05, 4.69) is 25.9 Å². The predicted molar refractivity (Wildman–Crippen MR) is 144 cm³/mol. The molecule has 0 spiro atoms. The molecule has 1 rings (SSSR count). The average molecular weight is 466 g/mol. The Balaban J connectivity index is 1.88. The van der Waals surface area contributed by atoms with E-state index >= 15 is 0 Å². The maximum atomic E-state index is 10.5. The molecular weight excluding hydrogens is 406 g/mol. The minimum Gasteiger partial charge on any atom is -0.481 e. The number of nitrogens with zero attached hydrogens (tertiary/aromatic N) is 1. The Bertz CT molecular complexity index is 451. The molecule has 3 atom stereocenters. The van der Waals surface area contributed by atoms with Gasteiger partial charge in [0.05, 0.1) is 0 Å². The van der Waals surface area contributed by atoms with Crippen molar-refractivity contribution in [3.8, 4) is 0 Å². The molecule has 3 nitrogen and oxygen atoms in total. The summed E-state index contributed by atoms with van der Waals surface area (Å²) < 4.78 is 0. The SMILES string of the molecule is CCCCCCCC(CCCCCCCCC1CC1CCCCCCCC(=O)O)CN(C)C. The minimum atomic E-state index is -0.645. The van der Waals surface area contributed by atoms with Crippen LogP contribution in [0.25, 0.3) is 0 Å². The van der Waals surface area contributed by atoms with E-state index in [0.717, 1.165) is 30.6 Å². The Morgan fingerprint density at radius 3 is 1.67 bits per heavy atom. The van der Waals surface area contributed by atoms with Gasteiger partial charge in [-0.1, -0.05) is 116 Å². The van der Waals surface area contributed by atoms with Gasteiger partial charge >= 0.3 is 5.97 Å². The van der Waals surface area contributed by atoms with Gasteiger partial charge in [0, 0.05) is 13.0 Å². The molecule has 33 heavy (non-hydrogen) atoms. The summed E-state index contributed by atoms with van der Waals surface area (Å²) in [7, 11) is 4.47. The summed E-state index contributed by atoms with van der Waals surface area (Å²) in [6, 6.07) is 0. The maximum absolute atomic E-state index is 10.5. The van der Waals surface area contributed by atoms with E-state index < -0.39 is 5.97 Å². The smallest absolute Gasteiger partial charge is 0.303 e. The average Bonchev–Trinajstić information content (AvgIpc) is 3.52. The summed E-state index contributed by atoms with van der Waals surface area (Å²) in [6.07, 6.45) is 29.2. The van der Waals surface area contributed by atoms with Gasteiger partial charge < -0.3 is 10.0 Å². The molecule has 0 aromatic heterocycles. The van der Waals surface area contributed by atoms with E-state index in [1.165, 1.54) is 129 Å². The molecule has 1 aliphatic rings. The zero-order chi connectivity index (χ0) is 24.2. The molecule has 1 N–H and O–H groups in total. The summed E-state index contributed by atoms with van der Waals surface area (Å²) in [5, 5.41) is 8.66. The highest BCUT2D eigenvalue weighted by Gasteiger charge is 2.34. The number of hydrogen-bond donors (Lipinski definition) is 1. The Morgan fingerprint density at radius 2 is 1.18 bits per heavy atom. The first-order valence-corrected chi connectivity index (χ1v) is 14.9. The first-order chi connectivity index (χ1) is 16.0. The third-order valence-electron chi connectivity index (χ3n) is 7.81. The van der Waals surface area contributed by atoms with Gasteiger partial charge in [-0.15, -0.1) is 0 Å². The molecule has 0 aromatic carbocycles. The summed E-state index contributed by atoms with van der Waals surface area (Å²) >= 11 is 0. The summed E-state index contributed by atoms with van der Waals surface area (Å²) in [5.74, 6) is 2.34. The molecule has 0 saturated heterocycles. The molecular formula is C30H59NO2. The second kappa shape index (κ2) is 20.8. The van der Waals surface area contributed by atoms with Crippen molar-refractivity contribution in [2.24, 2.45) is 17.8 Å². The van der Waals surface area contributed by atoms with Crippen LogP contribution in [0.1, 0.15) is 148 Å². The summed E-state index contributed by atoms with van der Waals surface area (Å²) in [6.45, 7) is 3.58. The number of carbonyl (C=O) groups is 1. The minimum absolute atomic E-state index is 0.348. The highest BCUT2D eigenvalue weighted by Crippen LogP contribution is 2.45. The van der Waals surface area contributed by atoms with Crippen molar-refractivity contribution in [1.29, 1.82) is 0 Å². The molecule has 1 saturated carbocycles. The van der Waals surface area contributed by atoms with Crippen LogP contribution in [-0.2, 0) is 4.79 Å². The molecule has 0 aliphatic heterocycles. The lowest BCUT2D eigenvalue weighted by Crippen LogP contribution is -2.21. The third kappa shape index (κ3) is 19.4. The Morgan fingerprint density at radius 1 is 0.727 bits per heavy atom. The maximum Gasteiger partial charge on any atom is 0.303 e. The number of carboxylic acid groups (broad SMARTS) is 1. The van der Waals surface area contributed by atoms with Crippen molar-refractivity contribution in [3.63, 3.8) is 0 Å². The van der Waals surface area contributed by atoms with Crippen molar-refractivity contribution >= 4 is 5.97 Å². The Labute approximate surface area is 207 Å². The van der Waals surface area contributed by atoms with Crippen LogP contribution in [-0.4, -0.2) is 36.6 Å². The van der Waals surface area contributed by atoms with Crippen LogP contribution in [0.15, 0.2) is 0 Å². The van der Waals surface area contributed by atoms with E-state index in [9.17, 15) is 4.79 Å². The largest absolute Gasteiger partial charge is 0.481 e. The van der Waals surface area contributed by atoms with Gasteiger partial charge in [0.15, 0.2) is 0 Å². The first kappa shape index (κ1) is 30.5. The Kier molecular flexibility index (Phi) is 19.2. The lowest BCUT2D eigenvalue weighted by atomic mass is 9.93. The van der Waals surface area contributed by atoms with Gasteiger partial charge in [0.2, 0.25) is 0 Å². The third-order valence-corrected chi connectivity index (χ3v) is 7.81. The van der Waals surface area contributed by atoms with E-state index in [1.54, 1.807) is 0 Å². The molecule has 0 radical (unpaired) electrons. The molecule has 0 heterocycles. The number of rotatable bonds is 25. The van der Waals surface area contributed by atoms with Gasteiger partial charge in [0.1, 0.15) is 0 Å². The standard InChI is InChI=1S/C30H59NO2/c1-4-5-6-10-15-20-27(26-31(2)3)21-16-11-7-8-12-17-22-28-25-29(28)23-18-13-9-14-19-24-30(32)33/h27-29H,4-26H2,1-3H3,(H,32,33). The zero-order valence-corrected chi connectivity index (χ0v) is 22.8. The van der Waals surface area contributed by atoms with Crippen LogP contribution >= 0.6 is 0 Å². The van der Waals surface area contributed by atoms with Gasteiger partial charge in [0.25, 0.3) is 0 Å². The molecule has 196 valence electrons. The molecule has 3 unspecified atom stereocenters. The number of hydrogen-bond acceptors (Lipinski definition) is 2. The second-order valence-corrected chi connectivity index (χ2v) is 11.5. The van der Waals surface area contributed by atoms with Crippen molar-refractivity contribution in [2.45, 2.75) is 148 Å². The topological polar surface area (TPSA) is 40.5 Å². The lowest BCUT2D eigenvalue weighted by Gasteiger charge is -2.21. The summed E-state index contributed by atoms with van der Waals surface area (Å²) in [5.41, 5.74) is 0. The van der Waals surface area contributed by atoms with Crippen molar-refractivity contribution in [1.82, 2.24) is 4.90 Å². The number of aliphatic carboxylic acids is 1. The number of carboxylic acids is 1. The normalized spacial score (nSPS) is 18.7. The highest BCUT2D eigenvalue weighted by molar-refractivity contribution is 5.66. The Hall–Kier alpha value is -0.570. The van der Waals surface area contributed by atoms with Crippen LogP contribution in [0, 0.1) is 17.8 Å². The quantitative estimate of drug-likeness (QED) is 0.137. The van der Waals surface area contributed by atoms with Crippen molar-refractivity contribution < 1.29 is 9.90 Å². The van der Waals surface area contributed by atoms with Gasteiger partial charge in [-0.3, -0.25) is 4.79 Å². The van der Waals surface area contributed by atoms with E-state index in [0.29, 0.717) is 6.42 Å². The fraction of sp³-hybridized carbons (Fsp3) is 0.967. The van der Waals surface area contributed by atoms with Gasteiger partial charge in [-0.2, -0.15) is 0 Å². The van der Waals surface area contributed by atoms with Crippen LogP contribution in [0.3, 0.4) is 0 Å². The van der Waals surface area contributed by atoms with Crippen molar-refractivity contribution in [3.05, 3.63) is 0 Å². The van der Waals surface area contributed by atoms with E-state index in [1.807, 2.05) is 0 Å². The molecule has 0 bridgehead atoms. The number of unbranched alkanes of at least 4 members (excludes halogenated alkanes) is 13. The van der Waals surface area contributed by atoms with Crippen LogP contribution in [0.5, 0.6) is 0 Å². The van der Waals surface area contributed by atoms with E-state index in [-0.39, 0.29) is 0 Å². The predicted octanol–water partition coefficient (Wildman–Crippen LogP) is 9.10. The molecule has 1 fully saturated rings. The van der Waals surface area contributed by atoms with Crippen LogP contribution in [0.4, 0.5) is 0 Å². The lowest BCUT2D eigenvalue weighted by molar-refractivity contribution is -0.137. The van der Waals surface area contributed by atoms with Crippen LogP contribution < -0.4 is 0 Å².